The minimum absolute atomic E-state index is 0.00546. The van der Waals surface area contributed by atoms with Gasteiger partial charge >= 0.3 is 11.9 Å². The molecule has 0 amide bonds. The molecule has 0 spiro atoms. The van der Waals surface area contributed by atoms with Crippen molar-refractivity contribution in [1.82, 2.24) is 9.80 Å². The van der Waals surface area contributed by atoms with Crippen LogP contribution in [0.2, 0.25) is 0 Å². The third-order valence-corrected chi connectivity index (χ3v) is 18.1. The van der Waals surface area contributed by atoms with E-state index >= 15 is 0 Å². The summed E-state index contributed by atoms with van der Waals surface area (Å²) in [5.41, 5.74) is 2.74. The fourth-order valence-corrected chi connectivity index (χ4v) is 13.5. The lowest BCUT2D eigenvalue weighted by molar-refractivity contribution is -0.148. The lowest BCUT2D eigenvalue weighted by atomic mass is 9.72. The van der Waals surface area contributed by atoms with Crippen molar-refractivity contribution in [3.8, 4) is 11.5 Å². The monoisotopic (exact) mass is 941 g/mol. The van der Waals surface area contributed by atoms with Gasteiger partial charge < -0.3 is 19.3 Å². The first-order valence-electron chi connectivity index (χ1n) is 27.6. The molecule has 6 fully saturated rings. The Morgan fingerprint density at radius 1 is 0.522 bits per heavy atom. The molecule has 2 aliphatic heterocycles. The zero-order valence-electron chi connectivity index (χ0n) is 42.8. The lowest BCUT2D eigenvalue weighted by Crippen LogP contribution is -2.50. The second kappa shape index (κ2) is 22.9. The fraction of sp³-hybridized carbons (Fsp3) is 0.639. The molecule has 8 heteroatoms. The van der Waals surface area contributed by atoms with Crippen LogP contribution in [0.3, 0.4) is 0 Å². The third kappa shape index (κ3) is 12.9. The second-order valence-electron chi connectivity index (χ2n) is 23.5. The summed E-state index contributed by atoms with van der Waals surface area (Å²) in [5, 5.41) is 14.5. The van der Waals surface area contributed by atoms with Crippen LogP contribution >= 0.6 is 0 Å². The van der Waals surface area contributed by atoms with E-state index in [1.807, 2.05) is 0 Å². The van der Waals surface area contributed by atoms with Crippen molar-refractivity contribution < 1.29 is 28.9 Å². The largest absolute Gasteiger partial charge is 0.490 e. The Balaban J connectivity index is 0.000000172. The maximum absolute atomic E-state index is 12.0. The summed E-state index contributed by atoms with van der Waals surface area (Å²) in [6.07, 6.45) is 19.1. The van der Waals surface area contributed by atoms with Crippen LogP contribution in [0.25, 0.3) is 21.5 Å². The maximum Gasteiger partial charge on any atom is 0.308 e. The quantitative estimate of drug-likeness (QED) is 0.125. The van der Waals surface area contributed by atoms with Crippen LogP contribution in [-0.4, -0.2) is 72.3 Å². The molecule has 4 aromatic carbocycles. The number of hydrogen-bond acceptors (Lipinski definition) is 7. The van der Waals surface area contributed by atoms with Crippen molar-refractivity contribution >= 4 is 33.5 Å². The number of aliphatic carboxylic acids is 1. The van der Waals surface area contributed by atoms with Crippen molar-refractivity contribution in [1.29, 1.82) is 0 Å². The Bertz CT molecular complexity index is 2320. The average molecular weight is 941 g/mol. The fourth-order valence-electron chi connectivity index (χ4n) is 13.5. The number of benzene rings is 4. The normalized spacial score (nSPS) is 28.4. The van der Waals surface area contributed by atoms with Gasteiger partial charge in [-0.1, -0.05) is 89.8 Å². The first kappa shape index (κ1) is 49.8. The molecule has 6 aliphatic rings. The highest BCUT2D eigenvalue weighted by Gasteiger charge is 2.39. The van der Waals surface area contributed by atoms with E-state index in [4.69, 9.17) is 14.2 Å². The van der Waals surface area contributed by atoms with Crippen molar-refractivity contribution in [2.75, 3.05) is 33.3 Å². The second-order valence-corrected chi connectivity index (χ2v) is 23.5. The Hall–Kier alpha value is -4.14. The number of likely N-dealkylation sites (tertiary alicyclic amines) is 2. The summed E-state index contributed by atoms with van der Waals surface area (Å²) in [6, 6.07) is 26.8. The zero-order chi connectivity index (χ0) is 48.0. The highest BCUT2D eigenvalue weighted by molar-refractivity contribution is 5.85. The number of carbonyl (C=O) groups excluding carboxylic acids is 1. The molecule has 4 aliphatic carbocycles. The first-order chi connectivity index (χ1) is 33.4. The van der Waals surface area contributed by atoms with E-state index in [0.717, 1.165) is 119 Å². The van der Waals surface area contributed by atoms with Gasteiger partial charge in [0.2, 0.25) is 0 Å². The summed E-state index contributed by atoms with van der Waals surface area (Å²) < 4.78 is 17.7. The molecule has 8 nitrogen and oxygen atoms in total. The number of carboxylic acid groups (broad SMARTS) is 1. The predicted octanol–water partition coefficient (Wildman–Crippen LogP) is 13.6. The van der Waals surface area contributed by atoms with Gasteiger partial charge in [0.05, 0.1) is 31.2 Å². The third-order valence-electron chi connectivity index (χ3n) is 18.1. The number of rotatable bonds is 14. The Labute approximate surface area is 414 Å². The Morgan fingerprint density at radius 3 is 1.35 bits per heavy atom. The van der Waals surface area contributed by atoms with Gasteiger partial charge in [-0.25, -0.2) is 0 Å². The van der Waals surface area contributed by atoms with E-state index in [1.54, 1.807) is 0 Å². The highest BCUT2D eigenvalue weighted by Crippen LogP contribution is 2.41. The minimum atomic E-state index is -0.593. The van der Waals surface area contributed by atoms with Gasteiger partial charge in [0.1, 0.15) is 11.5 Å². The molecular formula is C61H84N2O6. The molecule has 0 bridgehead atoms. The number of nitrogens with zero attached hydrogens (tertiary/aromatic N) is 2. The van der Waals surface area contributed by atoms with Gasteiger partial charge in [-0.2, -0.15) is 0 Å². The summed E-state index contributed by atoms with van der Waals surface area (Å²) >= 11 is 0. The van der Waals surface area contributed by atoms with Gasteiger partial charge in [-0.15, -0.1) is 0 Å². The number of hydrogen-bond donors (Lipinski definition) is 1. The topological polar surface area (TPSA) is 88.5 Å². The SMILES string of the molecule is CC(C)C1CCC(Oc2ccc3cc(CN4CC(C5CCCC(C(=O)O)C5)C4)ccc3c2)CC1.COC(=O)C1CCCC(C2CN(Cc3ccc4cc(OC5CCC(C(C)C)CC5)ccc4c3)C2)C1. The number of carbonyl (C=O) groups is 2. The Morgan fingerprint density at radius 2 is 0.928 bits per heavy atom. The Kier molecular flexibility index (Phi) is 16.6. The van der Waals surface area contributed by atoms with Crippen LogP contribution in [0.15, 0.2) is 72.8 Å². The lowest BCUT2D eigenvalue weighted by Gasteiger charge is -2.45. The van der Waals surface area contributed by atoms with E-state index in [-0.39, 0.29) is 17.8 Å². The smallest absolute Gasteiger partial charge is 0.308 e. The first-order valence-corrected chi connectivity index (χ1v) is 27.6. The molecule has 10 rings (SSSR count). The predicted molar refractivity (Wildman–Crippen MR) is 278 cm³/mol. The number of esters is 1. The molecule has 69 heavy (non-hydrogen) atoms. The molecule has 4 atom stereocenters. The van der Waals surface area contributed by atoms with Crippen LogP contribution in [-0.2, 0) is 27.4 Å². The van der Waals surface area contributed by atoms with Crippen LogP contribution in [0.5, 0.6) is 11.5 Å². The van der Waals surface area contributed by atoms with E-state index < -0.39 is 5.97 Å². The molecule has 2 saturated heterocycles. The number of carboxylic acids is 1. The average Bonchev–Trinajstić information content (AvgIpc) is 3.34. The van der Waals surface area contributed by atoms with Gasteiger partial charge in [0.15, 0.2) is 0 Å². The van der Waals surface area contributed by atoms with Gasteiger partial charge in [-0.05, 0) is 193 Å². The van der Waals surface area contributed by atoms with Gasteiger partial charge in [0.25, 0.3) is 0 Å². The van der Waals surface area contributed by atoms with E-state index in [1.165, 1.54) is 104 Å². The molecule has 4 aromatic rings. The molecular weight excluding hydrogens is 857 g/mol. The minimum Gasteiger partial charge on any atom is -0.490 e. The van der Waals surface area contributed by atoms with Crippen LogP contribution < -0.4 is 9.47 Å². The molecule has 374 valence electrons. The van der Waals surface area contributed by atoms with E-state index in [0.29, 0.717) is 30.0 Å². The maximum atomic E-state index is 12.0. The van der Waals surface area contributed by atoms with E-state index in [9.17, 15) is 14.7 Å². The highest BCUT2D eigenvalue weighted by atomic mass is 16.5. The van der Waals surface area contributed by atoms with Crippen molar-refractivity contribution in [3.63, 3.8) is 0 Å². The molecule has 2 heterocycles. The number of fused-ring (bicyclic) bond motifs is 2. The van der Waals surface area contributed by atoms with Crippen molar-refractivity contribution in [3.05, 3.63) is 83.9 Å². The number of methoxy groups -OCH3 is 1. The molecule has 4 saturated carbocycles. The van der Waals surface area contributed by atoms with Crippen molar-refractivity contribution in [2.45, 2.75) is 156 Å². The summed E-state index contributed by atoms with van der Waals surface area (Å²) in [6.45, 7) is 15.9. The molecule has 0 radical (unpaired) electrons. The molecule has 1 N–H and O–H groups in total. The van der Waals surface area contributed by atoms with Gasteiger partial charge in [-0.3, -0.25) is 19.4 Å². The van der Waals surface area contributed by atoms with Gasteiger partial charge in [0, 0.05) is 39.3 Å². The zero-order valence-corrected chi connectivity index (χ0v) is 42.8. The van der Waals surface area contributed by atoms with Crippen LogP contribution in [0.1, 0.15) is 142 Å². The molecule has 0 aromatic heterocycles. The standard InChI is InChI=1S/C31H43NO3.C30H41NO3/c1-21(2)23-9-12-29(13-10-23)35-30-14-11-25-15-22(7-8-26(25)17-30)18-32-19-28(20-32)24-5-4-6-27(16-24)31(33)34-3;1-20(2)22-8-11-28(12-9-22)34-29-13-10-24-14-21(6-7-25(24)16-29)17-31-18-27(19-31)23-4-3-5-26(15-23)30(32)33/h7-8,11,14-15,17,21,23-24,27-29H,4-6,9-10,12-13,16,18-20H2,1-3H3;6-7,10,13-14,16,20,22-23,26-28H,3-5,8-9,11-12,15,17-19H2,1-2H3,(H,32,33). The summed E-state index contributed by atoms with van der Waals surface area (Å²) in [4.78, 5) is 28.4. The van der Waals surface area contributed by atoms with E-state index in [2.05, 4.69) is 110 Å². The molecule has 4 unspecified atom stereocenters. The van der Waals surface area contributed by atoms with Crippen LogP contribution in [0.4, 0.5) is 0 Å². The van der Waals surface area contributed by atoms with Crippen LogP contribution in [0, 0.1) is 59.2 Å². The summed E-state index contributed by atoms with van der Waals surface area (Å²) in [5.74, 6) is 7.43. The number of ether oxygens (including phenoxy) is 3. The summed E-state index contributed by atoms with van der Waals surface area (Å²) in [7, 11) is 1.52. The van der Waals surface area contributed by atoms with Crippen molar-refractivity contribution in [2.24, 2.45) is 59.2 Å².